The number of rotatable bonds is 7. The van der Waals surface area contributed by atoms with Crippen LogP contribution in [0.4, 0.5) is 10.8 Å². The van der Waals surface area contributed by atoms with Crippen molar-refractivity contribution in [3.8, 4) is 0 Å². The number of sulfonamides is 1. The number of imidazole rings is 1. The number of nitrogen functional groups attached to an aromatic ring is 1. The number of nitrogens with two attached hydrogens (primary N) is 1. The highest BCUT2D eigenvalue weighted by molar-refractivity contribution is 7.89. The van der Waals surface area contributed by atoms with Crippen molar-refractivity contribution in [1.82, 2.24) is 18.6 Å². The maximum atomic E-state index is 12.2. The Balaban J connectivity index is 2.01. The first-order valence-electron chi connectivity index (χ1n) is 6.32. The molecule has 2 aromatic heterocycles. The van der Waals surface area contributed by atoms with Crippen LogP contribution in [0, 0.1) is 0 Å². The van der Waals surface area contributed by atoms with E-state index in [-0.39, 0.29) is 10.7 Å². The Morgan fingerprint density at radius 2 is 2.24 bits per heavy atom. The molecule has 4 N–H and O–H groups in total. The van der Waals surface area contributed by atoms with E-state index in [0.29, 0.717) is 11.5 Å². The largest absolute Gasteiger partial charge is 0.382 e. The zero-order chi connectivity index (χ0) is 15.5. The quantitative estimate of drug-likeness (QED) is 0.645. The topological polar surface area (TPSA) is 117 Å². The summed E-state index contributed by atoms with van der Waals surface area (Å²) in [5.74, 6) is 0.934. The molecule has 21 heavy (non-hydrogen) atoms. The fourth-order valence-corrected chi connectivity index (χ4v) is 3.83. The zero-order valence-electron chi connectivity index (χ0n) is 11.8. The molecular weight excluding hydrogens is 312 g/mol. The first-order chi connectivity index (χ1) is 9.93. The number of aromatic amines is 1. The van der Waals surface area contributed by atoms with Crippen LogP contribution < -0.4 is 11.1 Å². The van der Waals surface area contributed by atoms with E-state index in [1.807, 2.05) is 0 Å². The van der Waals surface area contributed by atoms with Gasteiger partial charge in [-0.25, -0.2) is 17.7 Å². The monoisotopic (exact) mass is 330 g/mol. The highest BCUT2D eigenvalue weighted by Crippen LogP contribution is 2.32. The third-order valence-corrected chi connectivity index (χ3v) is 5.68. The number of hydrogen-bond donors (Lipinski definition) is 3. The van der Waals surface area contributed by atoms with Crippen LogP contribution >= 0.6 is 11.5 Å². The second-order valence-electron chi connectivity index (χ2n) is 4.58. The molecule has 2 heterocycles. The molecule has 0 bridgehead atoms. The Labute approximate surface area is 127 Å². The molecule has 0 aromatic carbocycles. The number of aryl methyl sites for hydroxylation is 1. The predicted octanol–water partition coefficient (Wildman–Crippen LogP) is 0.743. The van der Waals surface area contributed by atoms with Gasteiger partial charge in [0.2, 0.25) is 10.0 Å². The minimum Gasteiger partial charge on any atom is -0.382 e. The molecule has 0 radical (unpaired) electrons. The molecule has 0 amide bonds. The molecule has 0 aliphatic carbocycles. The summed E-state index contributed by atoms with van der Waals surface area (Å²) in [6.45, 7) is 0.609. The molecule has 10 heteroatoms. The van der Waals surface area contributed by atoms with Crippen LogP contribution in [0.25, 0.3) is 0 Å². The van der Waals surface area contributed by atoms with Crippen LogP contribution in [0.1, 0.15) is 12.2 Å². The van der Waals surface area contributed by atoms with Crippen molar-refractivity contribution in [3.63, 3.8) is 0 Å². The lowest BCUT2D eigenvalue weighted by atomic mass is 10.3. The summed E-state index contributed by atoms with van der Waals surface area (Å²) in [7, 11) is -0.669. The number of H-pyrrole nitrogens is 1. The summed E-state index contributed by atoms with van der Waals surface area (Å²) in [6, 6.07) is 0. The zero-order valence-corrected chi connectivity index (χ0v) is 13.5. The van der Waals surface area contributed by atoms with E-state index in [0.717, 1.165) is 34.5 Å². The van der Waals surface area contributed by atoms with E-state index >= 15 is 0 Å². The van der Waals surface area contributed by atoms with Crippen LogP contribution in [0.5, 0.6) is 0 Å². The number of nitrogens with zero attached hydrogens (tertiary/aromatic N) is 3. The van der Waals surface area contributed by atoms with Crippen molar-refractivity contribution in [3.05, 3.63) is 18.2 Å². The normalized spacial score (nSPS) is 12.0. The highest BCUT2D eigenvalue weighted by atomic mass is 32.2. The highest BCUT2D eigenvalue weighted by Gasteiger charge is 2.27. The first-order valence-corrected chi connectivity index (χ1v) is 8.54. The molecule has 0 saturated carbocycles. The van der Waals surface area contributed by atoms with Crippen molar-refractivity contribution in [2.45, 2.75) is 17.7 Å². The maximum Gasteiger partial charge on any atom is 0.249 e. The van der Waals surface area contributed by atoms with Crippen molar-refractivity contribution in [2.75, 3.05) is 31.7 Å². The predicted molar refractivity (Wildman–Crippen MR) is 82.8 cm³/mol. The molecule has 0 aliphatic rings. The van der Waals surface area contributed by atoms with Gasteiger partial charge in [0.05, 0.1) is 0 Å². The molecule has 2 rings (SSSR count). The minimum absolute atomic E-state index is 0.0298. The van der Waals surface area contributed by atoms with Crippen molar-refractivity contribution < 1.29 is 8.42 Å². The van der Waals surface area contributed by atoms with E-state index in [1.54, 1.807) is 12.4 Å². The van der Waals surface area contributed by atoms with Crippen molar-refractivity contribution >= 4 is 32.4 Å². The molecule has 0 spiro atoms. The molecular formula is C11H18N6O2S2. The number of anilines is 2. The van der Waals surface area contributed by atoms with Gasteiger partial charge >= 0.3 is 0 Å². The Hall–Kier alpha value is -1.65. The van der Waals surface area contributed by atoms with E-state index < -0.39 is 10.0 Å². The van der Waals surface area contributed by atoms with Gasteiger partial charge in [-0.2, -0.15) is 4.37 Å². The second kappa shape index (κ2) is 6.41. The summed E-state index contributed by atoms with van der Waals surface area (Å²) in [5, 5.41) is 3.56. The standard InChI is InChI=1S/C11H18N6O2S2/c1-17(2)21(18,19)9-10(12)16-20-11(9)15-5-3-4-8-13-6-7-14-8/h6-7,15H,3-5H2,1-2H3,(H2,12,16)(H,13,14). The number of aromatic nitrogens is 3. The molecule has 8 nitrogen and oxygen atoms in total. The van der Waals surface area contributed by atoms with Gasteiger partial charge < -0.3 is 16.0 Å². The van der Waals surface area contributed by atoms with Crippen LogP contribution in [-0.4, -0.2) is 47.7 Å². The molecule has 116 valence electrons. The summed E-state index contributed by atoms with van der Waals surface area (Å²) >= 11 is 1.05. The number of nitrogens with one attached hydrogen (secondary N) is 2. The smallest absolute Gasteiger partial charge is 0.249 e. The van der Waals surface area contributed by atoms with Gasteiger partial charge in [-0.05, 0) is 18.0 Å². The third kappa shape index (κ3) is 3.52. The van der Waals surface area contributed by atoms with Gasteiger partial charge in [0, 0.05) is 39.5 Å². The summed E-state index contributed by atoms with van der Waals surface area (Å²) in [6.07, 6.45) is 5.07. The van der Waals surface area contributed by atoms with E-state index in [4.69, 9.17) is 5.73 Å². The van der Waals surface area contributed by atoms with Crippen LogP contribution in [0.15, 0.2) is 17.3 Å². The minimum atomic E-state index is -3.60. The lowest BCUT2D eigenvalue weighted by molar-refractivity contribution is 0.521. The molecule has 0 aliphatic heterocycles. The lowest BCUT2D eigenvalue weighted by Crippen LogP contribution is -2.23. The van der Waals surface area contributed by atoms with E-state index in [1.165, 1.54) is 14.1 Å². The molecule has 0 atom stereocenters. The Kier molecular flexibility index (Phi) is 4.80. The van der Waals surface area contributed by atoms with Gasteiger partial charge in [-0.1, -0.05) is 0 Å². The molecule has 0 fully saturated rings. The maximum absolute atomic E-state index is 12.2. The average molecular weight is 330 g/mol. The fraction of sp³-hybridized carbons (Fsp3) is 0.455. The van der Waals surface area contributed by atoms with Gasteiger partial charge in [0.25, 0.3) is 0 Å². The van der Waals surface area contributed by atoms with Crippen LogP contribution in [0.2, 0.25) is 0 Å². The average Bonchev–Trinajstić information content (AvgIpc) is 3.04. The first kappa shape index (κ1) is 15.7. The Bertz CT molecular complexity index is 678. The van der Waals surface area contributed by atoms with Crippen molar-refractivity contribution in [1.29, 1.82) is 0 Å². The van der Waals surface area contributed by atoms with E-state index in [2.05, 4.69) is 19.7 Å². The van der Waals surface area contributed by atoms with Gasteiger partial charge in [0.15, 0.2) is 10.7 Å². The third-order valence-electron chi connectivity index (χ3n) is 2.84. The lowest BCUT2D eigenvalue weighted by Gasteiger charge is -2.12. The van der Waals surface area contributed by atoms with Crippen LogP contribution in [0.3, 0.4) is 0 Å². The SMILES string of the molecule is CN(C)S(=O)(=O)c1c(N)nsc1NCCCc1ncc[nH]1. The number of hydrogen-bond acceptors (Lipinski definition) is 7. The van der Waals surface area contributed by atoms with Gasteiger partial charge in [-0.15, -0.1) is 0 Å². The fourth-order valence-electron chi connectivity index (χ4n) is 1.73. The van der Waals surface area contributed by atoms with Gasteiger partial charge in [-0.3, -0.25) is 0 Å². The molecule has 0 saturated heterocycles. The Morgan fingerprint density at radius 3 is 2.86 bits per heavy atom. The summed E-state index contributed by atoms with van der Waals surface area (Å²) in [5.41, 5.74) is 5.69. The molecule has 0 unspecified atom stereocenters. The second-order valence-corrected chi connectivity index (χ2v) is 7.44. The molecule has 2 aromatic rings. The Morgan fingerprint density at radius 1 is 1.48 bits per heavy atom. The van der Waals surface area contributed by atoms with Crippen LogP contribution in [-0.2, 0) is 16.4 Å². The van der Waals surface area contributed by atoms with Gasteiger partial charge in [0.1, 0.15) is 10.8 Å². The summed E-state index contributed by atoms with van der Waals surface area (Å²) < 4.78 is 29.5. The summed E-state index contributed by atoms with van der Waals surface area (Å²) in [4.78, 5) is 7.20. The van der Waals surface area contributed by atoms with E-state index in [9.17, 15) is 8.42 Å². The van der Waals surface area contributed by atoms with Crippen molar-refractivity contribution in [2.24, 2.45) is 0 Å².